The van der Waals surface area contributed by atoms with Crippen LogP contribution in [0.1, 0.15) is 35.7 Å². The fraction of sp³-hybridized carbons (Fsp3) is 0.300. The molecule has 1 aliphatic carbocycles. The molecule has 7 nitrogen and oxygen atoms in total. The molecule has 0 unspecified atom stereocenters. The van der Waals surface area contributed by atoms with Gasteiger partial charge in [0, 0.05) is 11.7 Å². The Morgan fingerprint density at radius 2 is 1.72 bits per heavy atom. The van der Waals surface area contributed by atoms with Gasteiger partial charge in [0.25, 0.3) is 5.56 Å². The molecule has 4 rings (SSSR count). The summed E-state index contributed by atoms with van der Waals surface area (Å²) in [7, 11) is -4.25. The van der Waals surface area contributed by atoms with Crippen LogP contribution in [0.5, 0.6) is 5.75 Å². The number of rotatable bonds is 4. The van der Waals surface area contributed by atoms with Crippen LogP contribution in [0.25, 0.3) is 11.0 Å². The maximum atomic E-state index is 13.3. The third kappa shape index (κ3) is 3.39. The van der Waals surface area contributed by atoms with Gasteiger partial charge in [-0.15, -0.1) is 0 Å². The Hall–Kier alpha value is -2.14. The van der Waals surface area contributed by atoms with Gasteiger partial charge in [-0.05, 0) is 68.3 Å². The molecule has 152 valence electrons. The lowest BCUT2D eigenvalue weighted by Gasteiger charge is -2.16. The molecule has 1 fully saturated rings. The lowest BCUT2D eigenvalue weighted by molar-refractivity contribution is 0.476. The van der Waals surface area contributed by atoms with Crippen LogP contribution in [-0.4, -0.2) is 13.0 Å². The Balaban J connectivity index is 2.01. The van der Waals surface area contributed by atoms with E-state index >= 15 is 0 Å². The first-order valence-corrected chi connectivity index (χ1v) is 11.5. The van der Waals surface area contributed by atoms with Gasteiger partial charge >= 0.3 is 15.7 Å². The maximum absolute atomic E-state index is 13.3. The molecule has 0 amide bonds. The zero-order chi connectivity index (χ0) is 21.1. The van der Waals surface area contributed by atoms with Crippen molar-refractivity contribution in [1.29, 1.82) is 0 Å². The Kier molecular flexibility index (Phi) is 4.85. The lowest BCUT2D eigenvalue weighted by atomic mass is 10.2. The molecule has 29 heavy (non-hydrogen) atoms. The number of hydrogen-bond acceptors (Lipinski definition) is 6. The highest BCUT2D eigenvalue weighted by atomic mass is 127. The molecule has 0 bridgehead atoms. The van der Waals surface area contributed by atoms with Gasteiger partial charge in [0.2, 0.25) is 0 Å². The average molecular weight is 527 g/mol. The molecule has 3 aromatic rings. The van der Waals surface area contributed by atoms with Gasteiger partial charge in [0.15, 0.2) is 11.3 Å². The second kappa shape index (κ2) is 6.98. The SMILES string of the molecule is Cc1ccc(S(=O)(=O)Oc2c(C)c(=O)oc3c(I)c(C)n(C4CC4)c(=O)c23)cc1. The first-order chi connectivity index (χ1) is 13.6. The number of nitrogens with zero attached hydrogens (tertiary/aromatic N) is 1. The minimum atomic E-state index is -4.25. The summed E-state index contributed by atoms with van der Waals surface area (Å²) in [4.78, 5) is 25.6. The summed E-state index contributed by atoms with van der Waals surface area (Å²) in [6.07, 6.45) is 1.74. The predicted octanol–water partition coefficient (Wildman–Crippen LogP) is 3.59. The van der Waals surface area contributed by atoms with Crippen molar-refractivity contribution < 1.29 is 17.0 Å². The number of pyridine rings is 1. The van der Waals surface area contributed by atoms with Gasteiger partial charge in [0.1, 0.15) is 10.3 Å². The van der Waals surface area contributed by atoms with Gasteiger partial charge in [-0.2, -0.15) is 8.42 Å². The van der Waals surface area contributed by atoms with Crippen molar-refractivity contribution >= 4 is 43.7 Å². The number of hydrogen-bond donors (Lipinski definition) is 0. The number of aromatic nitrogens is 1. The second-order valence-electron chi connectivity index (χ2n) is 7.20. The molecule has 0 aliphatic heterocycles. The molecule has 0 N–H and O–H groups in total. The molecule has 1 aromatic carbocycles. The Morgan fingerprint density at radius 3 is 2.31 bits per heavy atom. The van der Waals surface area contributed by atoms with Crippen molar-refractivity contribution in [1.82, 2.24) is 4.57 Å². The summed E-state index contributed by atoms with van der Waals surface area (Å²) in [6, 6.07) is 6.20. The zero-order valence-corrected chi connectivity index (χ0v) is 19.0. The van der Waals surface area contributed by atoms with Crippen molar-refractivity contribution in [3.05, 3.63) is 65.4 Å². The van der Waals surface area contributed by atoms with Gasteiger partial charge in [-0.25, -0.2) is 4.79 Å². The van der Waals surface area contributed by atoms with Crippen LogP contribution < -0.4 is 15.4 Å². The number of fused-ring (bicyclic) bond motifs is 1. The third-order valence-electron chi connectivity index (χ3n) is 5.02. The molecule has 0 radical (unpaired) electrons. The Bertz CT molecular complexity index is 1370. The van der Waals surface area contributed by atoms with E-state index in [1.54, 1.807) is 23.6 Å². The van der Waals surface area contributed by atoms with Gasteiger partial charge in [-0.1, -0.05) is 17.7 Å². The third-order valence-corrected chi connectivity index (χ3v) is 7.53. The number of halogens is 1. The largest absolute Gasteiger partial charge is 0.421 e. The van der Waals surface area contributed by atoms with E-state index in [4.69, 9.17) is 8.60 Å². The molecule has 1 saturated carbocycles. The molecular formula is C20H18INO6S. The summed E-state index contributed by atoms with van der Waals surface area (Å²) < 4.78 is 38.7. The second-order valence-corrected chi connectivity index (χ2v) is 9.83. The van der Waals surface area contributed by atoms with E-state index in [9.17, 15) is 18.0 Å². The molecular weight excluding hydrogens is 509 g/mol. The first kappa shape index (κ1) is 20.1. The van der Waals surface area contributed by atoms with Crippen LogP contribution in [0.15, 0.2) is 43.2 Å². The number of aryl methyl sites for hydroxylation is 1. The van der Waals surface area contributed by atoms with E-state index in [0.29, 0.717) is 9.26 Å². The number of benzene rings is 1. The smallest absolute Gasteiger partial charge is 0.343 e. The van der Waals surface area contributed by atoms with E-state index in [0.717, 1.165) is 18.4 Å². The molecule has 0 atom stereocenters. The highest BCUT2D eigenvalue weighted by Gasteiger charge is 2.31. The Labute approximate surface area is 180 Å². The normalized spacial score (nSPS) is 14.3. The summed E-state index contributed by atoms with van der Waals surface area (Å²) in [5, 5.41) is -0.0281. The van der Waals surface area contributed by atoms with Crippen molar-refractivity contribution in [2.45, 2.75) is 44.6 Å². The molecule has 1 aliphatic rings. The first-order valence-electron chi connectivity index (χ1n) is 9.01. The molecule has 2 aromatic heterocycles. The van der Waals surface area contributed by atoms with Crippen LogP contribution in [0.4, 0.5) is 0 Å². The van der Waals surface area contributed by atoms with Crippen molar-refractivity contribution in [3.8, 4) is 5.75 Å². The molecule has 9 heteroatoms. The lowest BCUT2D eigenvalue weighted by Crippen LogP contribution is -2.25. The predicted molar refractivity (Wildman–Crippen MR) is 116 cm³/mol. The van der Waals surface area contributed by atoms with Crippen LogP contribution in [0.3, 0.4) is 0 Å². The van der Waals surface area contributed by atoms with Gasteiger partial charge in [-0.3, -0.25) is 4.79 Å². The summed E-state index contributed by atoms with van der Waals surface area (Å²) >= 11 is 2.01. The minimum Gasteiger partial charge on any atom is -0.421 e. The van der Waals surface area contributed by atoms with E-state index in [1.807, 2.05) is 29.5 Å². The van der Waals surface area contributed by atoms with Gasteiger partial charge < -0.3 is 13.2 Å². The standard InChI is InChI=1S/C20H18INO6S/c1-10-4-8-14(9-5-10)29(25,26)28-17-11(2)20(24)27-18-15(17)19(23)22(13-6-7-13)12(3)16(18)21/h4-5,8-9,13H,6-7H2,1-3H3. The summed E-state index contributed by atoms with van der Waals surface area (Å²) in [5.74, 6) is -0.269. The van der Waals surface area contributed by atoms with Crippen LogP contribution in [0.2, 0.25) is 0 Å². The highest BCUT2D eigenvalue weighted by molar-refractivity contribution is 14.1. The zero-order valence-electron chi connectivity index (χ0n) is 16.0. The van der Waals surface area contributed by atoms with Crippen LogP contribution >= 0.6 is 22.6 Å². The summed E-state index contributed by atoms with van der Waals surface area (Å²) in [6.45, 7) is 5.01. The minimum absolute atomic E-state index is 0.0281. The molecule has 0 saturated heterocycles. The van der Waals surface area contributed by atoms with E-state index in [1.165, 1.54) is 19.1 Å². The Morgan fingerprint density at radius 1 is 1.10 bits per heavy atom. The average Bonchev–Trinajstić information content (AvgIpc) is 3.49. The highest BCUT2D eigenvalue weighted by Crippen LogP contribution is 2.38. The fourth-order valence-corrected chi connectivity index (χ4v) is 4.87. The van der Waals surface area contributed by atoms with E-state index in [-0.39, 0.29) is 33.2 Å². The van der Waals surface area contributed by atoms with Crippen molar-refractivity contribution in [2.24, 2.45) is 0 Å². The van der Waals surface area contributed by atoms with E-state index < -0.39 is 21.3 Å². The van der Waals surface area contributed by atoms with Gasteiger partial charge in [0.05, 0.1) is 9.13 Å². The monoisotopic (exact) mass is 527 g/mol. The van der Waals surface area contributed by atoms with Crippen molar-refractivity contribution in [3.63, 3.8) is 0 Å². The maximum Gasteiger partial charge on any atom is 0.343 e. The van der Waals surface area contributed by atoms with Crippen molar-refractivity contribution in [2.75, 3.05) is 0 Å². The van der Waals surface area contributed by atoms with Crippen LogP contribution in [0, 0.1) is 24.3 Å². The molecule has 2 heterocycles. The van der Waals surface area contributed by atoms with Crippen LogP contribution in [-0.2, 0) is 10.1 Å². The summed E-state index contributed by atoms with van der Waals surface area (Å²) in [5.41, 5.74) is 0.407. The topological polar surface area (TPSA) is 95.6 Å². The fourth-order valence-electron chi connectivity index (χ4n) is 3.23. The molecule has 0 spiro atoms. The van der Waals surface area contributed by atoms with E-state index in [2.05, 4.69) is 0 Å². The quantitative estimate of drug-likeness (QED) is 0.380.